The van der Waals surface area contributed by atoms with Crippen LogP contribution in [0.4, 0.5) is 8.78 Å². The predicted molar refractivity (Wildman–Crippen MR) is 56.6 cm³/mol. The van der Waals surface area contributed by atoms with Crippen molar-refractivity contribution in [2.24, 2.45) is 0 Å². The molecule has 0 amide bonds. The minimum atomic E-state index is -2.39. The summed E-state index contributed by atoms with van der Waals surface area (Å²) in [4.78, 5) is 0. The smallest absolute Gasteiger partial charge is 0.205 e. The van der Waals surface area contributed by atoms with Gasteiger partial charge in [-0.25, -0.2) is 8.78 Å². The minimum absolute atomic E-state index is 0.130. The van der Waals surface area contributed by atoms with Crippen LogP contribution in [0.2, 0.25) is 0 Å². The highest BCUT2D eigenvalue weighted by molar-refractivity contribution is 14.1. The first-order valence-electron chi connectivity index (χ1n) is 3.26. The van der Waals surface area contributed by atoms with Gasteiger partial charge in [-0.1, -0.05) is 15.9 Å². The Kier molecular flexibility index (Phi) is 3.46. The van der Waals surface area contributed by atoms with Crippen LogP contribution in [0.5, 0.6) is 0 Å². The monoisotopic (exact) mass is 346 g/mol. The molecule has 0 radical (unpaired) electrons. The molecule has 0 bridgehead atoms. The van der Waals surface area contributed by atoms with Crippen LogP contribution < -0.4 is 0 Å². The van der Waals surface area contributed by atoms with Gasteiger partial charge in [0.2, 0.25) is 0 Å². The van der Waals surface area contributed by atoms with Gasteiger partial charge in [-0.15, -0.1) is 0 Å². The van der Waals surface area contributed by atoms with Gasteiger partial charge in [0.15, 0.2) is 0 Å². The molecule has 0 heterocycles. The van der Waals surface area contributed by atoms with Gasteiger partial charge in [0.1, 0.15) is 0 Å². The van der Waals surface area contributed by atoms with Crippen molar-refractivity contribution < 1.29 is 8.78 Å². The zero-order valence-corrected chi connectivity index (χ0v) is 9.99. The average molecular weight is 347 g/mol. The molecule has 1 rings (SSSR count). The summed E-state index contributed by atoms with van der Waals surface area (Å²) in [5.74, 6) is 0. The maximum Gasteiger partial charge on any atom is 0.265 e. The maximum atomic E-state index is 12.4. The number of alkyl halides is 2. The molecule has 12 heavy (non-hydrogen) atoms. The van der Waals surface area contributed by atoms with Crippen LogP contribution in [0.3, 0.4) is 0 Å². The van der Waals surface area contributed by atoms with E-state index in [4.69, 9.17) is 0 Å². The van der Waals surface area contributed by atoms with Crippen LogP contribution in [-0.2, 0) is 0 Å². The van der Waals surface area contributed by atoms with Gasteiger partial charge in [0.05, 0.1) is 0 Å². The molecule has 0 aliphatic carbocycles. The molecule has 0 unspecified atom stereocenters. The molecule has 0 nitrogen and oxygen atoms in total. The Balaban J connectivity index is 3.33. The van der Waals surface area contributed by atoms with Crippen molar-refractivity contribution in [3.8, 4) is 0 Å². The summed E-state index contributed by atoms with van der Waals surface area (Å²) in [5.41, 5.74) is 0.752. The second kappa shape index (κ2) is 4.00. The number of halogens is 4. The van der Waals surface area contributed by atoms with Crippen molar-refractivity contribution in [2.75, 3.05) is 0 Å². The number of benzene rings is 1. The SMILES string of the molecule is Cc1c(Br)ccc(I)c1C(F)F. The van der Waals surface area contributed by atoms with Crippen LogP contribution in [0.15, 0.2) is 16.6 Å². The number of hydrogen-bond acceptors (Lipinski definition) is 0. The summed E-state index contributed by atoms with van der Waals surface area (Å²) in [7, 11) is 0. The fourth-order valence-corrected chi connectivity index (χ4v) is 2.10. The Labute approximate surface area is 91.6 Å². The van der Waals surface area contributed by atoms with Crippen molar-refractivity contribution in [1.29, 1.82) is 0 Å². The van der Waals surface area contributed by atoms with Crippen LogP contribution in [0.25, 0.3) is 0 Å². The normalized spacial score (nSPS) is 10.8. The average Bonchev–Trinajstić information content (AvgIpc) is 1.97. The highest BCUT2D eigenvalue weighted by Gasteiger charge is 2.15. The van der Waals surface area contributed by atoms with Gasteiger partial charge < -0.3 is 0 Å². The van der Waals surface area contributed by atoms with Crippen molar-refractivity contribution in [3.63, 3.8) is 0 Å². The lowest BCUT2D eigenvalue weighted by Crippen LogP contribution is -1.94. The highest BCUT2D eigenvalue weighted by atomic mass is 127. The highest BCUT2D eigenvalue weighted by Crippen LogP contribution is 2.31. The van der Waals surface area contributed by atoms with Crippen LogP contribution in [0, 0.1) is 10.5 Å². The standard InChI is InChI=1S/C8H6BrF2I/c1-4-5(9)2-3-6(12)7(4)8(10)11/h2-3,8H,1H3. The zero-order valence-electron chi connectivity index (χ0n) is 6.24. The summed E-state index contributed by atoms with van der Waals surface area (Å²) in [5, 5.41) is 0. The van der Waals surface area contributed by atoms with E-state index in [0.717, 1.165) is 4.47 Å². The first-order chi connectivity index (χ1) is 5.54. The largest absolute Gasteiger partial charge is 0.265 e. The summed E-state index contributed by atoms with van der Waals surface area (Å²) in [6, 6.07) is 3.46. The third-order valence-electron chi connectivity index (χ3n) is 1.61. The minimum Gasteiger partial charge on any atom is -0.205 e. The first-order valence-corrected chi connectivity index (χ1v) is 5.14. The van der Waals surface area contributed by atoms with Crippen molar-refractivity contribution >= 4 is 38.5 Å². The molecule has 1 aromatic carbocycles. The van der Waals surface area contributed by atoms with Gasteiger partial charge in [-0.3, -0.25) is 0 Å². The fourth-order valence-electron chi connectivity index (χ4n) is 0.937. The topological polar surface area (TPSA) is 0 Å². The molecule has 0 saturated carbocycles. The Morgan fingerprint density at radius 3 is 2.42 bits per heavy atom. The lowest BCUT2D eigenvalue weighted by molar-refractivity contribution is 0.149. The quantitative estimate of drug-likeness (QED) is 0.665. The summed E-state index contributed by atoms with van der Waals surface area (Å²) in [6.07, 6.45) is -2.39. The van der Waals surface area contributed by atoms with Crippen LogP contribution in [-0.4, -0.2) is 0 Å². The second-order valence-electron chi connectivity index (χ2n) is 2.37. The Morgan fingerprint density at radius 2 is 2.00 bits per heavy atom. The molecule has 0 aromatic heterocycles. The van der Waals surface area contributed by atoms with E-state index in [-0.39, 0.29) is 5.56 Å². The molecular weight excluding hydrogens is 341 g/mol. The molecule has 4 heteroatoms. The van der Waals surface area contributed by atoms with Crippen molar-refractivity contribution in [3.05, 3.63) is 31.3 Å². The van der Waals surface area contributed by atoms with Gasteiger partial charge in [-0.2, -0.15) is 0 Å². The van der Waals surface area contributed by atoms with Gasteiger partial charge in [-0.05, 0) is 47.2 Å². The number of hydrogen-bond donors (Lipinski definition) is 0. The molecule has 0 aliphatic rings. The van der Waals surface area contributed by atoms with Gasteiger partial charge in [0, 0.05) is 13.6 Å². The summed E-state index contributed by atoms with van der Waals surface area (Å²) in [6.45, 7) is 1.69. The van der Waals surface area contributed by atoms with E-state index in [2.05, 4.69) is 15.9 Å². The van der Waals surface area contributed by atoms with Crippen LogP contribution >= 0.6 is 38.5 Å². The molecule has 0 spiro atoms. The first kappa shape index (κ1) is 10.4. The zero-order chi connectivity index (χ0) is 9.30. The van der Waals surface area contributed by atoms with Gasteiger partial charge >= 0.3 is 0 Å². The molecule has 1 aromatic rings. The van der Waals surface area contributed by atoms with E-state index in [1.54, 1.807) is 19.1 Å². The summed E-state index contributed by atoms with van der Waals surface area (Å²) >= 11 is 5.13. The second-order valence-corrected chi connectivity index (χ2v) is 4.39. The molecule has 0 N–H and O–H groups in total. The fraction of sp³-hybridized carbons (Fsp3) is 0.250. The van der Waals surface area contributed by atoms with Gasteiger partial charge in [0.25, 0.3) is 6.43 Å². The van der Waals surface area contributed by atoms with E-state index < -0.39 is 6.43 Å². The van der Waals surface area contributed by atoms with Crippen molar-refractivity contribution in [2.45, 2.75) is 13.3 Å². The van der Waals surface area contributed by atoms with E-state index in [9.17, 15) is 8.78 Å². The Morgan fingerprint density at radius 1 is 1.42 bits per heavy atom. The summed E-state index contributed by atoms with van der Waals surface area (Å²) < 4.78 is 26.2. The molecule has 0 aliphatic heterocycles. The molecular formula is C8H6BrF2I. The predicted octanol–water partition coefficient (Wildman–Crippen LogP) is 4.30. The third-order valence-corrected chi connectivity index (χ3v) is 3.41. The lowest BCUT2D eigenvalue weighted by Gasteiger charge is -2.08. The maximum absolute atomic E-state index is 12.4. The van der Waals surface area contributed by atoms with E-state index in [0.29, 0.717) is 9.13 Å². The molecule has 0 atom stereocenters. The van der Waals surface area contributed by atoms with E-state index in [1.165, 1.54) is 0 Å². The van der Waals surface area contributed by atoms with E-state index in [1.807, 2.05) is 22.6 Å². The molecule has 0 fully saturated rings. The lowest BCUT2D eigenvalue weighted by atomic mass is 10.1. The third kappa shape index (κ3) is 1.96. The van der Waals surface area contributed by atoms with Crippen LogP contribution in [0.1, 0.15) is 17.6 Å². The Hall–Kier alpha value is 0.290. The van der Waals surface area contributed by atoms with E-state index >= 15 is 0 Å². The number of rotatable bonds is 1. The molecule has 0 saturated heterocycles. The molecule has 66 valence electrons. The van der Waals surface area contributed by atoms with Crippen molar-refractivity contribution in [1.82, 2.24) is 0 Å². The Bertz CT molecular complexity index is 299.